The van der Waals surface area contributed by atoms with E-state index in [9.17, 15) is 9.59 Å². The number of carbonyl (C=O) groups excluding carboxylic acids is 2. The molecule has 2 aliphatic heterocycles. The Balaban J connectivity index is 1.24. The molecule has 6 nitrogen and oxygen atoms in total. The van der Waals surface area contributed by atoms with Crippen molar-refractivity contribution in [1.29, 1.82) is 0 Å². The van der Waals surface area contributed by atoms with E-state index in [1.165, 1.54) is 5.56 Å². The molecule has 1 saturated heterocycles. The Morgan fingerprint density at radius 3 is 2.64 bits per heavy atom. The Labute approximate surface area is 165 Å². The van der Waals surface area contributed by atoms with Crippen molar-refractivity contribution < 1.29 is 9.59 Å². The molecule has 0 spiro atoms. The van der Waals surface area contributed by atoms with E-state index in [2.05, 4.69) is 23.0 Å². The first-order chi connectivity index (χ1) is 13.6. The molecule has 2 N–H and O–H groups in total. The quantitative estimate of drug-likeness (QED) is 0.808. The maximum absolute atomic E-state index is 12.6. The zero-order valence-electron chi connectivity index (χ0n) is 16.1. The number of amides is 2. The molecule has 0 saturated carbocycles. The third kappa shape index (κ3) is 3.93. The van der Waals surface area contributed by atoms with Gasteiger partial charge in [0, 0.05) is 50.7 Å². The van der Waals surface area contributed by atoms with Crippen LogP contribution >= 0.6 is 0 Å². The summed E-state index contributed by atoms with van der Waals surface area (Å²) in [6, 6.07) is 18.4. The number of hydrogen-bond donors (Lipinski definition) is 2. The van der Waals surface area contributed by atoms with Crippen molar-refractivity contribution in [2.45, 2.75) is 31.5 Å². The van der Waals surface area contributed by atoms with Gasteiger partial charge in [0.15, 0.2) is 0 Å². The van der Waals surface area contributed by atoms with Crippen LogP contribution in [0.1, 0.15) is 40.4 Å². The summed E-state index contributed by atoms with van der Waals surface area (Å²) in [6.45, 7) is 1.70. The summed E-state index contributed by atoms with van der Waals surface area (Å²) in [5.74, 6) is 0.0899. The predicted octanol–water partition coefficient (Wildman–Crippen LogP) is 2.10. The van der Waals surface area contributed by atoms with E-state index < -0.39 is 0 Å². The fraction of sp³-hybridized carbons (Fsp3) is 0.364. The Morgan fingerprint density at radius 1 is 1.11 bits per heavy atom. The van der Waals surface area contributed by atoms with E-state index in [1.54, 1.807) is 9.80 Å². The molecule has 2 atom stereocenters. The minimum absolute atomic E-state index is 0.0263. The highest BCUT2D eigenvalue weighted by Gasteiger charge is 2.29. The monoisotopic (exact) mass is 378 g/mol. The lowest BCUT2D eigenvalue weighted by Gasteiger charge is -2.22. The van der Waals surface area contributed by atoms with Gasteiger partial charge in [-0.25, -0.2) is 5.43 Å². The molecule has 4 rings (SSSR count). The number of hydrogen-bond acceptors (Lipinski definition) is 4. The summed E-state index contributed by atoms with van der Waals surface area (Å²) in [7, 11) is 1.83. The van der Waals surface area contributed by atoms with E-state index in [0.717, 1.165) is 17.5 Å². The minimum Gasteiger partial charge on any atom is -0.344 e. The number of nitrogens with zero attached hydrogens (tertiary/aromatic N) is 2. The lowest BCUT2D eigenvalue weighted by Crippen LogP contribution is -2.42. The van der Waals surface area contributed by atoms with Gasteiger partial charge >= 0.3 is 0 Å². The first-order valence-corrected chi connectivity index (χ1v) is 9.79. The van der Waals surface area contributed by atoms with E-state index in [0.29, 0.717) is 26.1 Å². The number of nitrogens with one attached hydrogen (secondary N) is 2. The smallest absolute Gasteiger partial charge is 0.254 e. The highest BCUT2D eigenvalue weighted by Crippen LogP contribution is 2.23. The van der Waals surface area contributed by atoms with Gasteiger partial charge in [-0.15, -0.1) is 0 Å². The molecule has 0 bridgehead atoms. The summed E-state index contributed by atoms with van der Waals surface area (Å²) in [5.41, 5.74) is 9.67. The molecule has 2 heterocycles. The van der Waals surface area contributed by atoms with Crippen molar-refractivity contribution in [1.82, 2.24) is 20.7 Å². The van der Waals surface area contributed by atoms with Crippen molar-refractivity contribution in [3.8, 4) is 0 Å². The van der Waals surface area contributed by atoms with E-state index in [-0.39, 0.29) is 23.9 Å². The Bertz CT molecular complexity index is 855. The molecule has 0 radical (unpaired) electrons. The van der Waals surface area contributed by atoms with Gasteiger partial charge in [0.2, 0.25) is 5.91 Å². The summed E-state index contributed by atoms with van der Waals surface area (Å²) >= 11 is 0. The fourth-order valence-corrected chi connectivity index (χ4v) is 3.99. The number of likely N-dealkylation sites (N-methyl/N-ethyl adjacent to an activating group) is 1. The molecule has 2 unspecified atom stereocenters. The third-order valence-corrected chi connectivity index (χ3v) is 5.60. The van der Waals surface area contributed by atoms with Gasteiger partial charge in [-0.2, -0.15) is 0 Å². The van der Waals surface area contributed by atoms with Crippen LogP contribution in [0.15, 0.2) is 54.6 Å². The van der Waals surface area contributed by atoms with E-state index in [4.69, 9.17) is 0 Å². The number of fused-ring (bicyclic) bond motifs is 1. The van der Waals surface area contributed by atoms with Crippen LogP contribution < -0.4 is 10.9 Å². The lowest BCUT2D eigenvalue weighted by atomic mass is 10.0. The molecule has 0 aliphatic carbocycles. The summed E-state index contributed by atoms with van der Waals surface area (Å²) in [6.07, 6.45) is 1.28. The van der Waals surface area contributed by atoms with Crippen LogP contribution in [0.3, 0.4) is 0 Å². The molecule has 28 heavy (non-hydrogen) atoms. The first kappa shape index (κ1) is 18.7. The number of carbonyl (C=O) groups is 2. The maximum atomic E-state index is 12.6. The average Bonchev–Trinajstić information content (AvgIpc) is 3.32. The van der Waals surface area contributed by atoms with Gasteiger partial charge in [-0.05, 0) is 23.6 Å². The first-order valence-electron chi connectivity index (χ1n) is 9.79. The molecule has 146 valence electrons. The van der Waals surface area contributed by atoms with Crippen molar-refractivity contribution in [2.75, 3.05) is 20.1 Å². The van der Waals surface area contributed by atoms with Crippen molar-refractivity contribution >= 4 is 11.8 Å². The molecule has 2 aliphatic rings. The van der Waals surface area contributed by atoms with Crippen LogP contribution in [0.4, 0.5) is 0 Å². The second-order valence-corrected chi connectivity index (χ2v) is 7.59. The molecular weight excluding hydrogens is 352 g/mol. The zero-order valence-corrected chi connectivity index (χ0v) is 16.1. The van der Waals surface area contributed by atoms with E-state index in [1.807, 2.05) is 49.5 Å². The molecule has 2 aromatic rings. The van der Waals surface area contributed by atoms with Gasteiger partial charge in [-0.3, -0.25) is 15.0 Å². The van der Waals surface area contributed by atoms with Crippen LogP contribution in [0, 0.1) is 0 Å². The second kappa shape index (κ2) is 8.12. The summed E-state index contributed by atoms with van der Waals surface area (Å²) < 4.78 is 0. The summed E-state index contributed by atoms with van der Waals surface area (Å²) in [4.78, 5) is 28.5. The van der Waals surface area contributed by atoms with Crippen LogP contribution in [0.2, 0.25) is 0 Å². The lowest BCUT2D eigenvalue weighted by molar-refractivity contribution is -0.130. The fourth-order valence-electron chi connectivity index (χ4n) is 3.99. The van der Waals surface area contributed by atoms with Gasteiger partial charge in [-0.1, -0.05) is 48.5 Å². The molecular formula is C22H26N4O2. The highest BCUT2D eigenvalue weighted by atomic mass is 16.2. The molecule has 2 aromatic carbocycles. The minimum atomic E-state index is 0.0263. The van der Waals surface area contributed by atoms with Crippen molar-refractivity contribution in [2.24, 2.45) is 0 Å². The van der Waals surface area contributed by atoms with Crippen LogP contribution in [0.25, 0.3) is 0 Å². The normalized spacial score (nSPS) is 21.0. The Hall–Kier alpha value is -2.70. The average molecular weight is 378 g/mol. The van der Waals surface area contributed by atoms with Crippen LogP contribution in [-0.2, 0) is 11.3 Å². The van der Waals surface area contributed by atoms with Gasteiger partial charge in [0.05, 0.1) is 0 Å². The molecule has 1 fully saturated rings. The molecule has 2 amide bonds. The number of rotatable bonds is 6. The SMILES string of the molecule is CN(CC1CC(c2ccccc2)NN1)C(=O)CCN1Cc2ccccc2C1=O. The van der Waals surface area contributed by atoms with Crippen molar-refractivity contribution in [3.63, 3.8) is 0 Å². The Morgan fingerprint density at radius 2 is 1.86 bits per heavy atom. The van der Waals surface area contributed by atoms with Gasteiger partial charge in [0.25, 0.3) is 5.91 Å². The summed E-state index contributed by atoms with van der Waals surface area (Å²) in [5, 5.41) is 0. The molecule has 0 aromatic heterocycles. The standard InChI is InChI=1S/C22H26N4O2/c1-25(15-18-13-20(24-23-18)16-7-3-2-4-8-16)21(27)11-12-26-14-17-9-5-6-10-19(17)22(26)28/h2-10,18,20,23-24H,11-15H2,1H3. The zero-order chi connectivity index (χ0) is 19.5. The maximum Gasteiger partial charge on any atom is 0.254 e. The predicted molar refractivity (Wildman–Crippen MR) is 107 cm³/mol. The topological polar surface area (TPSA) is 64.7 Å². The largest absolute Gasteiger partial charge is 0.344 e. The molecule has 6 heteroatoms. The highest BCUT2D eigenvalue weighted by molar-refractivity contribution is 5.98. The third-order valence-electron chi connectivity index (χ3n) is 5.60. The van der Waals surface area contributed by atoms with Crippen molar-refractivity contribution in [3.05, 3.63) is 71.3 Å². The number of benzene rings is 2. The van der Waals surface area contributed by atoms with Crippen LogP contribution in [0.5, 0.6) is 0 Å². The Kier molecular flexibility index (Phi) is 5.41. The van der Waals surface area contributed by atoms with Crippen LogP contribution in [-0.4, -0.2) is 47.8 Å². The van der Waals surface area contributed by atoms with Gasteiger partial charge < -0.3 is 9.80 Å². The van der Waals surface area contributed by atoms with Gasteiger partial charge in [0.1, 0.15) is 0 Å². The second-order valence-electron chi connectivity index (χ2n) is 7.59. The van der Waals surface area contributed by atoms with E-state index >= 15 is 0 Å². The number of hydrazine groups is 1.